The molecular formula is C31H32FN7O3. The minimum absolute atomic E-state index is 0.0988. The van der Waals surface area contributed by atoms with Crippen LogP contribution in [0.3, 0.4) is 0 Å². The summed E-state index contributed by atoms with van der Waals surface area (Å²) in [6.45, 7) is 7.08. The Morgan fingerprint density at radius 3 is 2.64 bits per heavy atom. The van der Waals surface area contributed by atoms with Gasteiger partial charge in [-0.3, -0.25) is 4.79 Å². The molecule has 1 amide bonds. The fourth-order valence-electron chi connectivity index (χ4n) is 6.29. The van der Waals surface area contributed by atoms with E-state index in [-0.39, 0.29) is 12.3 Å². The normalized spacial score (nSPS) is 21.8. The van der Waals surface area contributed by atoms with Crippen LogP contribution in [0.1, 0.15) is 49.7 Å². The summed E-state index contributed by atoms with van der Waals surface area (Å²) in [4.78, 5) is 23.7. The van der Waals surface area contributed by atoms with Gasteiger partial charge in [0.2, 0.25) is 0 Å². The number of ether oxygens (including phenoxy) is 1. The minimum Gasteiger partial charge on any atom is -0.489 e. The third-order valence-electron chi connectivity index (χ3n) is 8.07. The van der Waals surface area contributed by atoms with Gasteiger partial charge in [0, 0.05) is 42.1 Å². The Morgan fingerprint density at radius 1 is 1.24 bits per heavy atom. The van der Waals surface area contributed by atoms with Crippen LogP contribution in [0.25, 0.3) is 16.6 Å². The Bertz CT molecular complexity index is 1680. The highest BCUT2D eigenvalue weighted by molar-refractivity contribution is 5.93. The lowest BCUT2D eigenvalue weighted by Crippen LogP contribution is -2.45. The highest BCUT2D eigenvalue weighted by Crippen LogP contribution is 2.45. The third kappa shape index (κ3) is 5.37. The van der Waals surface area contributed by atoms with E-state index in [1.807, 2.05) is 25.1 Å². The number of anilines is 1. The number of nitriles is 1. The van der Waals surface area contributed by atoms with E-state index >= 15 is 0 Å². The number of pyridine rings is 3. The predicted octanol–water partition coefficient (Wildman–Crippen LogP) is 3.99. The molecule has 2 fully saturated rings. The van der Waals surface area contributed by atoms with Gasteiger partial charge in [-0.1, -0.05) is 0 Å². The number of nitrogens with one attached hydrogen (secondary N) is 1. The summed E-state index contributed by atoms with van der Waals surface area (Å²) in [5.74, 6) is 1.02. The van der Waals surface area contributed by atoms with E-state index < -0.39 is 22.9 Å². The molecule has 0 aromatic carbocycles. The molecule has 4 aromatic heterocycles. The van der Waals surface area contributed by atoms with E-state index in [1.54, 1.807) is 30.8 Å². The Labute approximate surface area is 242 Å². The number of nitrogens with zero attached hydrogens (tertiary/aromatic N) is 6. The number of halogens is 1. The number of aliphatic hydroxyl groups is 1. The standard InChI is InChI=1S/C31H32FN7O3/c1-30(2,41)18-42-23-9-24(28-22(12-33)14-36-39(28)17-23)19-6-7-26(35-13-19)38-15-20-10-31(3,11-21(20)16-38)37-29(40)27-25(32)5-4-8-34-27/h4-9,13-14,17,20-21,41H,10-11,15-16,18H2,1-3H3,(H,37,40)/t20-,21+,31?. The number of rotatable bonds is 7. The summed E-state index contributed by atoms with van der Waals surface area (Å²) < 4.78 is 21.5. The molecule has 1 unspecified atom stereocenters. The van der Waals surface area contributed by atoms with Crippen molar-refractivity contribution in [3.63, 3.8) is 0 Å². The molecule has 0 radical (unpaired) electrons. The van der Waals surface area contributed by atoms with Crippen molar-refractivity contribution in [1.82, 2.24) is 24.9 Å². The van der Waals surface area contributed by atoms with E-state index in [9.17, 15) is 19.6 Å². The van der Waals surface area contributed by atoms with Crippen molar-refractivity contribution < 1.29 is 19.0 Å². The van der Waals surface area contributed by atoms with Gasteiger partial charge in [-0.15, -0.1) is 0 Å². The lowest BCUT2D eigenvalue weighted by atomic mass is 9.97. The van der Waals surface area contributed by atoms with Crippen molar-refractivity contribution in [2.45, 2.75) is 44.8 Å². The summed E-state index contributed by atoms with van der Waals surface area (Å²) in [7, 11) is 0. The van der Waals surface area contributed by atoms with Crippen molar-refractivity contribution in [2.75, 3.05) is 24.6 Å². The van der Waals surface area contributed by atoms with E-state index in [0.29, 0.717) is 28.7 Å². The van der Waals surface area contributed by atoms with Crippen molar-refractivity contribution in [2.24, 2.45) is 11.8 Å². The average molecular weight is 570 g/mol. The maximum atomic E-state index is 14.1. The third-order valence-corrected chi connectivity index (χ3v) is 8.07. The van der Waals surface area contributed by atoms with Crippen molar-refractivity contribution in [1.29, 1.82) is 5.26 Å². The van der Waals surface area contributed by atoms with Crippen molar-refractivity contribution in [3.05, 3.63) is 72.2 Å². The first-order chi connectivity index (χ1) is 20.0. The first kappa shape index (κ1) is 27.6. The second-order valence-corrected chi connectivity index (χ2v) is 12.2. The molecule has 5 heterocycles. The molecule has 1 saturated heterocycles. The topological polar surface area (TPSA) is 129 Å². The molecule has 10 nitrogen and oxygen atoms in total. The summed E-state index contributed by atoms with van der Waals surface area (Å²) in [5, 5.41) is 27.1. The van der Waals surface area contributed by atoms with Crippen LogP contribution in [0.5, 0.6) is 5.75 Å². The van der Waals surface area contributed by atoms with Crippen LogP contribution in [-0.4, -0.2) is 61.4 Å². The largest absolute Gasteiger partial charge is 0.489 e. The monoisotopic (exact) mass is 569 g/mol. The number of aromatic nitrogens is 4. The Kier molecular flexibility index (Phi) is 6.81. The maximum absolute atomic E-state index is 14.1. The molecule has 0 bridgehead atoms. The first-order valence-electron chi connectivity index (χ1n) is 13.9. The van der Waals surface area contributed by atoms with Crippen LogP contribution in [0.15, 0.2) is 55.1 Å². The number of fused-ring (bicyclic) bond motifs is 2. The fourth-order valence-corrected chi connectivity index (χ4v) is 6.29. The highest BCUT2D eigenvalue weighted by atomic mass is 19.1. The van der Waals surface area contributed by atoms with E-state index in [4.69, 9.17) is 9.72 Å². The fraction of sp³-hybridized carbons (Fsp3) is 0.387. The smallest absolute Gasteiger partial charge is 0.273 e. The summed E-state index contributed by atoms with van der Waals surface area (Å²) >= 11 is 0. The zero-order valence-electron chi connectivity index (χ0n) is 23.7. The zero-order chi connectivity index (χ0) is 29.6. The van der Waals surface area contributed by atoms with Crippen molar-refractivity contribution >= 4 is 17.2 Å². The Balaban J connectivity index is 1.17. The van der Waals surface area contributed by atoms with E-state index in [1.165, 1.54) is 24.5 Å². The molecule has 0 spiro atoms. The lowest BCUT2D eigenvalue weighted by Gasteiger charge is -2.28. The second kappa shape index (κ2) is 10.4. The molecule has 1 saturated carbocycles. The zero-order valence-corrected chi connectivity index (χ0v) is 23.7. The minimum atomic E-state index is -1.01. The lowest BCUT2D eigenvalue weighted by molar-refractivity contribution is 0.0283. The number of carbonyl (C=O) groups excluding carboxylic acids is 1. The molecule has 3 atom stereocenters. The van der Waals surface area contributed by atoms with Crippen LogP contribution in [0.4, 0.5) is 10.2 Å². The predicted molar refractivity (Wildman–Crippen MR) is 153 cm³/mol. The Hall–Kier alpha value is -4.56. The summed E-state index contributed by atoms with van der Waals surface area (Å²) in [5.41, 5.74) is 1.06. The number of carbonyl (C=O) groups is 1. The van der Waals surface area contributed by atoms with Crippen LogP contribution in [-0.2, 0) is 0 Å². The van der Waals surface area contributed by atoms with Crippen LogP contribution < -0.4 is 15.0 Å². The highest BCUT2D eigenvalue weighted by Gasteiger charge is 2.48. The summed E-state index contributed by atoms with van der Waals surface area (Å²) in [6.07, 6.45) is 8.01. The van der Waals surface area contributed by atoms with Crippen molar-refractivity contribution in [3.8, 4) is 22.9 Å². The molecule has 216 valence electrons. The van der Waals surface area contributed by atoms with Gasteiger partial charge in [0.05, 0.1) is 29.1 Å². The molecule has 4 aromatic rings. The number of hydrogen-bond acceptors (Lipinski definition) is 8. The van der Waals surface area contributed by atoms with Gasteiger partial charge in [-0.05, 0) is 75.8 Å². The van der Waals surface area contributed by atoms with Crippen LogP contribution in [0, 0.1) is 29.0 Å². The van der Waals surface area contributed by atoms with Gasteiger partial charge in [-0.25, -0.2) is 18.9 Å². The van der Waals surface area contributed by atoms with Gasteiger partial charge in [-0.2, -0.15) is 10.4 Å². The van der Waals surface area contributed by atoms with Gasteiger partial charge >= 0.3 is 0 Å². The van der Waals surface area contributed by atoms with Crippen LogP contribution in [0.2, 0.25) is 0 Å². The molecular weight excluding hydrogens is 537 g/mol. The van der Waals surface area contributed by atoms with Gasteiger partial charge in [0.1, 0.15) is 24.2 Å². The van der Waals surface area contributed by atoms with E-state index in [2.05, 4.69) is 26.4 Å². The van der Waals surface area contributed by atoms with Gasteiger partial charge in [0.25, 0.3) is 5.91 Å². The molecule has 1 aliphatic carbocycles. The van der Waals surface area contributed by atoms with Gasteiger partial charge < -0.3 is 20.1 Å². The summed E-state index contributed by atoms with van der Waals surface area (Å²) in [6, 6.07) is 10.7. The molecule has 42 heavy (non-hydrogen) atoms. The molecule has 1 aliphatic heterocycles. The van der Waals surface area contributed by atoms with E-state index in [0.717, 1.165) is 42.9 Å². The molecule has 11 heteroatoms. The maximum Gasteiger partial charge on any atom is 0.273 e. The first-order valence-corrected chi connectivity index (χ1v) is 13.9. The molecule has 2 N–H and O–H groups in total. The molecule has 6 rings (SSSR count). The van der Waals surface area contributed by atoms with Gasteiger partial charge in [0.15, 0.2) is 11.5 Å². The quantitative estimate of drug-likeness (QED) is 0.342. The number of amides is 1. The molecule has 2 aliphatic rings. The van der Waals surface area contributed by atoms with Crippen LogP contribution >= 0.6 is 0 Å². The number of hydrogen-bond donors (Lipinski definition) is 2. The second-order valence-electron chi connectivity index (χ2n) is 12.2. The average Bonchev–Trinajstić information content (AvgIpc) is 3.62. The SMILES string of the molecule is CC(C)(O)COc1cc(-c2ccc(N3C[C@@H]4CC(C)(NC(=O)c5ncccc5F)C[C@@H]4C3)nc2)c2c(C#N)cnn2c1. The Morgan fingerprint density at radius 2 is 2.00 bits per heavy atom.